The van der Waals surface area contributed by atoms with Gasteiger partial charge in [-0.2, -0.15) is 5.26 Å². The number of fused-ring (bicyclic) bond motifs is 1. The van der Waals surface area contributed by atoms with Gasteiger partial charge in [-0.25, -0.2) is 0 Å². The maximum absolute atomic E-state index is 13.1. The van der Waals surface area contributed by atoms with E-state index in [9.17, 15) is 10.1 Å². The average Bonchev–Trinajstić information content (AvgIpc) is 3.56. The molecule has 0 radical (unpaired) electrons. The molecule has 1 atom stereocenters. The molecular weight excluding hydrogens is 590 g/mol. The van der Waals surface area contributed by atoms with Gasteiger partial charge in [0, 0.05) is 35.8 Å². The fourth-order valence-electron chi connectivity index (χ4n) is 5.43. The van der Waals surface area contributed by atoms with Crippen molar-refractivity contribution in [3.8, 4) is 17.6 Å². The van der Waals surface area contributed by atoms with Crippen molar-refractivity contribution in [3.63, 3.8) is 0 Å². The van der Waals surface area contributed by atoms with Crippen LogP contribution in [0.1, 0.15) is 36.0 Å². The molecule has 1 aromatic heterocycles. The molecule has 0 spiro atoms. The maximum Gasteiger partial charge on any atom is 0.248 e. The molecule has 1 unspecified atom stereocenters. The van der Waals surface area contributed by atoms with Crippen molar-refractivity contribution in [3.05, 3.63) is 94.2 Å². The monoisotopic (exact) mass is 623 g/mol. The average molecular weight is 624 g/mol. The third-order valence-corrected chi connectivity index (χ3v) is 8.25. The molecule has 3 N–H and O–H groups in total. The minimum atomic E-state index is -0.231. The van der Waals surface area contributed by atoms with Crippen molar-refractivity contribution in [2.24, 2.45) is 0 Å². The lowest BCUT2D eigenvalue weighted by Gasteiger charge is -2.19. The van der Waals surface area contributed by atoms with Crippen LogP contribution in [0, 0.1) is 18.3 Å². The number of aromatic nitrogens is 1. The number of hydrogen-bond donors (Lipinski definition) is 3. The zero-order chi connectivity index (χ0) is 31.2. The molecule has 230 valence electrons. The Hall–Kier alpha value is -4.62. The number of ether oxygens (including phenoxy) is 3. The Balaban J connectivity index is 1.31. The van der Waals surface area contributed by atoms with Crippen molar-refractivity contribution in [2.45, 2.75) is 38.9 Å². The van der Waals surface area contributed by atoms with Gasteiger partial charge in [-0.1, -0.05) is 41.4 Å². The van der Waals surface area contributed by atoms with Crippen LogP contribution in [0.25, 0.3) is 10.9 Å². The molecule has 2 aliphatic rings. The van der Waals surface area contributed by atoms with E-state index in [-0.39, 0.29) is 12.0 Å². The summed E-state index contributed by atoms with van der Waals surface area (Å²) < 4.78 is 17.8. The lowest BCUT2D eigenvalue weighted by atomic mass is 10.0. The van der Waals surface area contributed by atoms with E-state index in [1.54, 1.807) is 30.3 Å². The molecule has 0 aliphatic carbocycles. The number of benzene rings is 3. The predicted molar refractivity (Wildman–Crippen MR) is 175 cm³/mol. The minimum Gasteiger partial charge on any atom is -0.487 e. The molecule has 10 heteroatoms. The van der Waals surface area contributed by atoms with Crippen LogP contribution < -0.4 is 25.4 Å². The van der Waals surface area contributed by atoms with Gasteiger partial charge in [0.1, 0.15) is 30.3 Å². The Labute approximate surface area is 267 Å². The van der Waals surface area contributed by atoms with E-state index in [4.69, 9.17) is 25.8 Å². The van der Waals surface area contributed by atoms with E-state index < -0.39 is 0 Å². The van der Waals surface area contributed by atoms with Crippen LogP contribution in [0.2, 0.25) is 5.02 Å². The number of aryl methyl sites for hydroxylation is 1. The Kier molecular flexibility index (Phi) is 9.46. The summed E-state index contributed by atoms with van der Waals surface area (Å²) >= 11 is 6.63. The van der Waals surface area contributed by atoms with Crippen LogP contribution in [-0.2, 0) is 16.1 Å². The van der Waals surface area contributed by atoms with Gasteiger partial charge in [0.2, 0.25) is 5.91 Å². The third kappa shape index (κ3) is 7.37. The van der Waals surface area contributed by atoms with Crippen molar-refractivity contribution in [2.75, 3.05) is 36.9 Å². The number of halogens is 1. The molecule has 0 saturated carbocycles. The van der Waals surface area contributed by atoms with E-state index in [0.29, 0.717) is 69.9 Å². The highest BCUT2D eigenvalue weighted by Gasteiger charge is 2.22. The second-order valence-electron chi connectivity index (χ2n) is 11.2. The van der Waals surface area contributed by atoms with E-state index >= 15 is 0 Å². The maximum atomic E-state index is 13.1. The van der Waals surface area contributed by atoms with Gasteiger partial charge in [0.25, 0.3) is 0 Å². The molecule has 3 heterocycles. The molecule has 2 aliphatic heterocycles. The van der Waals surface area contributed by atoms with Gasteiger partial charge in [-0.15, -0.1) is 0 Å². The number of pyridine rings is 1. The number of nitrogens with zero attached hydrogens (tertiary/aromatic N) is 2. The van der Waals surface area contributed by atoms with Gasteiger partial charge < -0.3 is 30.2 Å². The molecule has 2 saturated heterocycles. The van der Waals surface area contributed by atoms with Gasteiger partial charge >= 0.3 is 0 Å². The fourth-order valence-corrected chi connectivity index (χ4v) is 5.67. The van der Waals surface area contributed by atoms with Crippen LogP contribution in [0.3, 0.4) is 0 Å². The van der Waals surface area contributed by atoms with Crippen LogP contribution in [-0.4, -0.2) is 43.3 Å². The SMILES string of the molecule is Cc1ccccc1COc1ccc(Nc2c(C#N)cnc3cc(OC4CCOC4)c(NC(=O)C=C4CCNCC4)cc23)cc1Cl. The highest BCUT2D eigenvalue weighted by Crippen LogP contribution is 2.38. The predicted octanol–water partition coefficient (Wildman–Crippen LogP) is 6.81. The topological polar surface area (TPSA) is 118 Å². The Morgan fingerprint density at radius 3 is 2.78 bits per heavy atom. The summed E-state index contributed by atoms with van der Waals surface area (Å²) in [5.41, 5.74) is 5.95. The molecular formula is C35H34ClN5O4. The summed E-state index contributed by atoms with van der Waals surface area (Å²) in [5.74, 6) is 0.818. The van der Waals surface area contributed by atoms with E-state index in [2.05, 4.69) is 27.0 Å². The highest BCUT2D eigenvalue weighted by molar-refractivity contribution is 6.32. The summed E-state index contributed by atoms with van der Waals surface area (Å²) in [6.07, 6.45) is 5.47. The molecule has 45 heavy (non-hydrogen) atoms. The number of carbonyl (C=O) groups is 1. The third-order valence-electron chi connectivity index (χ3n) is 7.96. The number of nitriles is 1. The minimum absolute atomic E-state index is 0.134. The lowest BCUT2D eigenvalue weighted by Crippen LogP contribution is -2.24. The second-order valence-corrected chi connectivity index (χ2v) is 11.6. The fraction of sp³-hybridized carbons (Fsp3) is 0.286. The van der Waals surface area contributed by atoms with Gasteiger partial charge in [0.15, 0.2) is 0 Å². The summed E-state index contributed by atoms with van der Waals surface area (Å²) in [6.45, 7) is 5.24. The number of piperidine rings is 1. The molecule has 3 aromatic carbocycles. The first-order valence-electron chi connectivity index (χ1n) is 15.0. The number of carbonyl (C=O) groups excluding carboxylic acids is 1. The largest absolute Gasteiger partial charge is 0.487 e. The summed E-state index contributed by atoms with van der Waals surface area (Å²) in [6, 6.07) is 19.3. The van der Waals surface area contributed by atoms with Crippen LogP contribution in [0.4, 0.5) is 17.1 Å². The van der Waals surface area contributed by atoms with Gasteiger partial charge in [-0.3, -0.25) is 9.78 Å². The smallest absolute Gasteiger partial charge is 0.248 e. The first-order chi connectivity index (χ1) is 22.0. The Morgan fingerprint density at radius 1 is 1.18 bits per heavy atom. The number of rotatable bonds is 9. The number of nitrogens with one attached hydrogen (secondary N) is 3. The first kappa shape index (κ1) is 30.4. The zero-order valence-electron chi connectivity index (χ0n) is 25.0. The second kappa shape index (κ2) is 14.0. The molecule has 0 bridgehead atoms. The summed E-state index contributed by atoms with van der Waals surface area (Å²) in [7, 11) is 0. The van der Waals surface area contributed by atoms with Gasteiger partial charge in [-0.05, 0) is 68.2 Å². The quantitative estimate of drug-likeness (QED) is 0.174. The van der Waals surface area contributed by atoms with Crippen LogP contribution in [0.5, 0.6) is 11.5 Å². The Morgan fingerprint density at radius 2 is 2.02 bits per heavy atom. The summed E-state index contributed by atoms with van der Waals surface area (Å²) in [4.78, 5) is 17.7. The highest BCUT2D eigenvalue weighted by atomic mass is 35.5. The number of amides is 1. The molecule has 6 rings (SSSR count). The molecule has 9 nitrogen and oxygen atoms in total. The molecule has 4 aromatic rings. The van der Waals surface area contributed by atoms with Crippen LogP contribution in [0.15, 0.2) is 72.4 Å². The van der Waals surface area contributed by atoms with Crippen LogP contribution >= 0.6 is 11.6 Å². The summed E-state index contributed by atoms with van der Waals surface area (Å²) in [5, 5.41) is 20.8. The normalized spacial score (nSPS) is 16.2. The zero-order valence-corrected chi connectivity index (χ0v) is 25.7. The molecule has 1 amide bonds. The van der Waals surface area contributed by atoms with Crippen molar-refractivity contribution in [1.29, 1.82) is 5.26 Å². The Bertz CT molecular complexity index is 1790. The standard InChI is InChI=1S/C35H34ClN5O4/c1-22-4-2-3-5-24(22)20-44-32-7-6-26(15-29(32)36)40-35-25(18-37)19-39-30-17-33(45-27-10-13-43-21-27)31(16-28(30)35)41-34(42)14-23-8-11-38-12-9-23/h2-7,14-17,19,27,38H,8-13,20-21H2,1H3,(H,39,40)(H,41,42). The molecule has 2 fully saturated rings. The van der Waals surface area contributed by atoms with E-state index in [1.807, 2.05) is 37.3 Å². The number of hydrogen-bond acceptors (Lipinski definition) is 8. The first-order valence-corrected chi connectivity index (χ1v) is 15.4. The van der Waals surface area contributed by atoms with Crippen molar-refractivity contribution < 1.29 is 19.0 Å². The van der Waals surface area contributed by atoms with E-state index in [0.717, 1.165) is 49.1 Å². The van der Waals surface area contributed by atoms with Crippen molar-refractivity contribution >= 4 is 45.5 Å². The van der Waals surface area contributed by atoms with Gasteiger partial charge in [0.05, 0.1) is 40.7 Å². The lowest BCUT2D eigenvalue weighted by molar-refractivity contribution is -0.112. The number of anilines is 3. The van der Waals surface area contributed by atoms with E-state index in [1.165, 1.54) is 6.20 Å². The van der Waals surface area contributed by atoms with Crippen molar-refractivity contribution in [1.82, 2.24) is 10.3 Å².